The van der Waals surface area contributed by atoms with Crippen molar-refractivity contribution < 1.29 is 14.4 Å². The summed E-state index contributed by atoms with van der Waals surface area (Å²) in [5.41, 5.74) is 4.85. The van der Waals surface area contributed by atoms with E-state index in [-0.39, 0.29) is 12.5 Å². The number of carbonyl (C=O) groups excluding carboxylic acids is 2. The molecule has 3 aromatic rings. The lowest BCUT2D eigenvalue weighted by molar-refractivity contribution is -0.0855. The minimum atomic E-state index is -0.464. The highest BCUT2D eigenvalue weighted by atomic mass is 16.7. The highest BCUT2D eigenvalue weighted by molar-refractivity contribution is 5.98. The number of amides is 2. The minimum absolute atomic E-state index is 0.268. The number of fused-ring (bicyclic) bond motifs is 1. The first-order chi connectivity index (χ1) is 15.7. The summed E-state index contributed by atoms with van der Waals surface area (Å²) in [6.45, 7) is 3.86. The molecule has 1 saturated heterocycles. The molecule has 2 aliphatic rings. The first-order valence-corrected chi connectivity index (χ1v) is 10.9. The van der Waals surface area contributed by atoms with E-state index in [1.807, 2.05) is 66.7 Å². The molecule has 2 amide bonds. The molecule has 0 spiro atoms. The van der Waals surface area contributed by atoms with Crippen LogP contribution in [-0.4, -0.2) is 53.0 Å². The van der Waals surface area contributed by atoms with Crippen LogP contribution in [0.1, 0.15) is 21.5 Å². The quantitative estimate of drug-likeness (QED) is 0.627. The molecule has 0 radical (unpaired) electrons. The molecule has 0 aliphatic carbocycles. The molecular weight excluding hydrogens is 402 g/mol. The summed E-state index contributed by atoms with van der Waals surface area (Å²) >= 11 is 0. The van der Waals surface area contributed by atoms with Crippen molar-refractivity contribution in [3.63, 3.8) is 0 Å². The van der Waals surface area contributed by atoms with Crippen molar-refractivity contribution in [3.05, 3.63) is 95.6 Å². The van der Waals surface area contributed by atoms with E-state index in [1.165, 1.54) is 10.6 Å². The predicted molar refractivity (Wildman–Crippen MR) is 122 cm³/mol. The Morgan fingerprint density at radius 3 is 2.22 bits per heavy atom. The molecule has 0 unspecified atom stereocenters. The highest BCUT2D eigenvalue weighted by Gasteiger charge is 2.33. The number of hydrogen-bond acceptors (Lipinski definition) is 4. The monoisotopic (exact) mass is 427 g/mol. The van der Waals surface area contributed by atoms with Gasteiger partial charge >= 0.3 is 6.09 Å². The van der Waals surface area contributed by atoms with Crippen LogP contribution < -0.4 is 0 Å². The molecule has 162 valence electrons. The molecule has 0 saturated carbocycles. The van der Waals surface area contributed by atoms with Gasteiger partial charge < -0.3 is 9.74 Å². The second-order valence-electron chi connectivity index (χ2n) is 8.19. The summed E-state index contributed by atoms with van der Waals surface area (Å²) in [5.74, 6) is -0.268. The predicted octanol–water partition coefficient (Wildman–Crippen LogP) is 4.18. The van der Waals surface area contributed by atoms with Gasteiger partial charge in [0.15, 0.2) is 0 Å². The van der Waals surface area contributed by atoms with Crippen LogP contribution in [0.15, 0.2) is 78.9 Å². The van der Waals surface area contributed by atoms with E-state index in [2.05, 4.69) is 17.0 Å². The molecule has 0 atom stereocenters. The van der Waals surface area contributed by atoms with E-state index in [0.29, 0.717) is 18.7 Å². The van der Waals surface area contributed by atoms with Gasteiger partial charge in [0.05, 0.1) is 6.54 Å². The molecule has 3 aromatic carbocycles. The van der Waals surface area contributed by atoms with Gasteiger partial charge in [-0.3, -0.25) is 9.69 Å². The van der Waals surface area contributed by atoms with Crippen LogP contribution in [0.3, 0.4) is 0 Å². The van der Waals surface area contributed by atoms with Gasteiger partial charge in [0.1, 0.15) is 0 Å². The Balaban J connectivity index is 1.17. The Morgan fingerprint density at radius 1 is 0.812 bits per heavy atom. The zero-order chi connectivity index (χ0) is 21.9. The van der Waals surface area contributed by atoms with Crippen LogP contribution in [0.25, 0.3) is 11.1 Å². The Bertz CT molecular complexity index is 1110. The molecule has 0 aromatic heterocycles. The van der Waals surface area contributed by atoms with Gasteiger partial charge in [-0.2, -0.15) is 5.06 Å². The SMILES string of the molecule is O=C(ON1Cc2cc(-c3ccccc3)ccc2C1=O)N1CCN(Cc2ccccc2)CC1. The summed E-state index contributed by atoms with van der Waals surface area (Å²) in [6, 6.07) is 26.1. The zero-order valence-electron chi connectivity index (χ0n) is 17.8. The number of carbonyl (C=O) groups is 2. The number of rotatable bonds is 4. The Kier molecular flexibility index (Phi) is 5.60. The maximum atomic E-state index is 12.7. The lowest BCUT2D eigenvalue weighted by Gasteiger charge is -2.34. The third kappa shape index (κ3) is 4.22. The standard InChI is InChI=1S/C26H25N3O3/c30-25-24-12-11-22(21-9-5-2-6-10-21)17-23(24)19-29(25)32-26(31)28-15-13-27(14-16-28)18-20-7-3-1-4-8-20/h1-12,17H,13-16,18-19H2. The van der Waals surface area contributed by atoms with Crippen molar-refractivity contribution >= 4 is 12.0 Å². The van der Waals surface area contributed by atoms with Gasteiger partial charge in [0, 0.05) is 38.3 Å². The topological polar surface area (TPSA) is 53.1 Å². The first-order valence-electron chi connectivity index (χ1n) is 10.9. The van der Waals surface area contributed by atoms with Crippen LogP contribution in [0.2, 0.25) is 0 Å². The van der Waals surface area contributed by atoms with Crippen LogP contribution in [0.4, 0.5) is 4.79 Å². The van der Waals surface area contributed by atoms with Gasteiger partial charge in [-0.15, -0.1) is 0 Å². The van der Waals surface area contributed by atoms with Crippen LogP contribution in [-0.2, 0) is 17.9 Å². The smallest absolute Gasteiger partial charge is 0.318 e. The fraction of sp³-hybridized carbons (Fsp3) is 0.231. The molecule has 6 nitrogen and oxygen atoms in total. The fourth-order valence-corrected chi connectivity index (χ4v) is 4.26. The fourth-order valence-electron chi connectivity index (χ4n) is 4.26. The van der Waals surface area contributed by atoms with E-state index < -0.39 is 6.09 Å². The van der Waals surface area contributed by atoms with Crippen molar-refractivity contribution in [1.82, 2.24) is 14.9 Å². The zero-order valence-corrected chi connectivity index (χ0v) is 17.8. The number of benzene rings is 3. The average Bonchev–Trinajstić information content (AvgIpc) is 3.15. The third-order valence-electron chi connectivity index (χ3n) is 6.05. The molecular formula is C26H25N3O3. The summed E-state index contributed by atoms with van der Waals surface area (Å²) < 4.78 is 0. The largest absolute Gasteiger partial charge is 0.434 e. The molecule has 2 heterocycles. The van der Waals surface area contributed by atoms with Gasteiger partial charge in [0.25, 0.3) is 5.91 Å². The Morgan fingerprint density at radius 2 is 1.50 bits per heavy atom. The van der Waals surface area contributed by atoms with E-state index in [9.17, 15) is 9.59 Å². The molecule has 0 bridgehead atoms. The minimum Gasteiger partial charge on any atom is -0.318 e. The Hall–Kier alpha value is -3.64. The maximum absolute atomic E-state index is 12.7. The molecule has 0 N–H and O–H groups in total. The lowest BCUT2D eigenvalue weighted by atomic mass is 10.0. The lowest BCUT2D eigenvalue weighted by Crippen LogP contribution is -2.49. The van der Waals surface area contributed by atoms with Gasteiger partial charge in [-0.1, -0.05) is 66.7 Å². The first kappa shape index (κ1) is 20.3. The number of hydroxylamine groups is 2. The summed E-state index contributed by atoms with van der Waals surface area (Å²) in [4.78, 5) is 34.9. The normalized spacial score (nSPS) is 16.2. The number of piperazine rings is 1. The van der Waals surface area contributed by atoms with Crippen LogP contribution in [0.5, 0.6) is 0 Å². The molecule has 6 heteroatoms. The second kappa shape index (κ2) is 8.85. The van der Waals surface area contributed by atoms with E-state index in [1.54, 1.807) is 4.90 Å². The van der Waals surface area contributed by atoms with E-state index in [0.717, 1.165) is 36.3 Å². The van der Waals surface area contributed by atoms with Crippen molar-refractivity contribution in [2.45, 2.75) is 13.1 Å². The van der Waals surface area contributed by atoms with Crippen molar-refractivity contribution in [2.75, 3.05) is 26.2 Å². The van der Waals surface area contributed by atoms with Gasteiger partial charge in [-0.25, -0.2) is 4.79 Å². The summed E-state index contributed by atoms with van der Waals surface area (Å²) in [6.07, 6.45) is -0.464. The van der Waals surface area contributed by atoms with Gasteiger partial charge in [-0.05, 0) is 34.4 Å². The summed E-state index contributed by atoms with van der Waals surface area (Å²) in [5, 5.41) is 1.18. The molecule has 32 heavy (non-hydrogen) atoms. The molecule has 1 fully saturated rings. The number of nitrogens with zero attached hydrogens (tertiary/aromatic N) is 3. The number of hydrogen-bond donors (Lipinski definition) is 0. The van der Waals surface area contributed by atoms with Crippen LogP contribution >= 0.6 is 0 Å². The van der Waals surface area contributed by atoms with Crippen molar-refractivity contribution in [1.29, 1.82) is 0 Å². The van der Waals surface area contributed by atoms with Gasteiger partial charge in [0.2, 0.25) is 0 Å². The highest BCUT2D eigenvalue weighted by Crippen LogP contribution is 2.29. The Labute approximate surface area is 187 Å². The molecule has 5 rings (SSSR count). The third-order valence-corrected chi connectivity index (χ3v) is 6.05. The van der Waals surface area contributed by atoms with Crippen LogP contribution in [0, 0.1) is 0 Å². The van der Waals surface area contributed by atoms with E-state index >= 15 is 0 Å². The van der Waals surface area contributed by atoms with Crippen molar-refractivity contribution in [3.8, 4) is 11.1 Å². The van der Waals surface area contributed by atoms with E-state index in [4.69, 9.17) is 4.84 Å². The summed E-state index contributed by atoms with van der Waals surface area (Å²) in [7, 11) is 0. The average molecular weight is 428 g/mol. The maximum Gasteiger partial charge on any atom is 0.434 e. The van der Waals surface area contributed by atoms with Crippen molar-refractivity contribution in [2.24, 2.45) is 0 Å². The molecule has 2 aliphatic heterocycles. The second-order valence-corrected chi connectivity index (χ2v) is 8.19.